The van der Waals surface area contributed by atoms with Gasteiger partial charge < -0.3 is 9.64 Å². The molecule has 0 bridgehead atoms. The molecule has 0 amide bonds. The Kier molecular flexibility index (Phi) is 4.37. The fraction of sp³-hybridized carbons (Fsp3) is 0.467. The number of likely N-dealkylation sites (N-methyl/N-ethyl adjacent to an activating group) is 1. The number of hydrogen-bond donors (Lipinski definition) is 0. The molecule has 0 N–H and O–H groups in total. The van der Waals surface area contributed by atoms with Crippen LogP contribution in [0.4, 0.5) is 5.82 Å². The van der Waals surface area contributed by atoms with E-state index in [2.05, 4.69) is 55.0 Å². The smallest absolute Gasteiger partial charge is 0.200 e. The summed E-state index contributed by atoms with van der Waals surface area (Å²) in [4.78, 5) is 6.01. The Morgan fingerprint density at radius 1 is 1.29 bits per heavy atom. The number of aromatic nitrogens is 5. The highest BCUT2D eigenvalue weighted by atomic mass is 32.1. The molecular weight excluding hydrogens is 326 g/mol. The molecule has 0 radical (unpaired) electrons. The van der Waals surface area contributed by atoms with Crippen LogP contribution in [0.15, 0.2) is 29.6 Å². The van der Waals surface area contributed by atoms with Crippen LogP contribution in [0, 0.1) is 0 Å². The maximum atomic E-state index is 5.51. The molecule has 1 fully saturated rings. The van der Waals surface area contributed by atoms with Gasteiger partial charge in [0.05, 0.1) is 19.3 Å². The third-order valence-corrected chi connectivity index (χ3v) is 5.22. The number of anilines is 1. The van der Waals surface area contributed by atoms with Crippen molar-refractivity contribution in [3.63, 3.8) is 0 Å². The SMILES string of the molecule is CN(C[C@@H](c1cccs1)N1CCOCC1)c1ccc2nnnn2n1. The zero-order valence-corrected chi connectivity index (χ0v) is 14.3. The minimum Gasteiger partial charge on any atom is -0.379 e. The summed E-state index contributed by atoms with van der Waals surface area (Å²) in [5, 5.41) is 18.0. The number of hydrogen-bond acceptors (Lipinski definition) is 8. The molecule has 0 unspecified atom stereocenters. The highest BCUT2D eigenvalue weighted by Crippen LogP contribution is 2.27. The standard InChI is InChI=1S/C15H19N7OS/c1-20(15-5-4-14-16-18-19-22(14)17-15)11-12(13-3-2-10-24-13)21-6-8-23-9-7-21/h2-5,10,12H,6-9,11H2,1H3/t12-/m0/s1. The zero-order valence-electron chi connectivity index (χ0n) is 13.4. The molecule has 0 aliphatic carbocycles. The quantitative estimate of drug-likeness (QED) is 0.685. The van der Waals surface area contributed by atoms with E-state index in [1.807, 2.05) is 12.1 Å². The number of fused-ring (bicyclic) bond motifs is 1. The number of nitrogens with zero attached hydrogens (tertiary/aromatic N) is 7. The summed E-state index contributed by atoms with van der Waals surface area (Å²) in [5.74, 6) is 0.851. The average Bonchev–Trinajstić information content (AvgIpc) is 3.31. The second-order valence-corrected chi connectivity index (χ2v) is 6.76. The maximum absolute atomic E-state index is 5.51. The highest BCUT2D eigenvalue weighted by Gasteiger charge is 2.25. The normalized spacial score (nSPS) is 17.2. The molecule has 1 aliphatic heterocycles. The van der Waals surface area contributed by atoms with Gasteiger partial charge in [0.1, 0.15) is 0 Å². The van der Waals surface area contributed by atoms with Crippen molar-refractivity contribution in [1.29, 1.82) is 0 Å². The molecule has 1 saturated heterocycles. The molecule has 1 aliphatic rings. The molecule has 24 heavy (non-hydrogen) atoms. The summed E-state index contributed by atoms with van der Waals surface area (Å²) in [7, 11) is 2.06. The lowest BCUT2D eigenvalue weighted by atomic mass is 10.1. The maximum Gasteiger partial charge on any atom is 0.200 e. The van der Waals surface area contributed by atoms with Crippen LogP contribution < -0.4 is 4.90 Å². The Morgan fingerprint density at radius 2 is 2.17 bits per heavy atom. The molecular formula is C15H19N7OS. The second-order valence-electron chi connectivity index (χ2n) is 5.78. The van der Waals surface area contributed by atoms with E-state index in [0.29, 0.717) is 11.7 Å². The van der Waals surface area contributed by atoms with Crippen LogP contribution in [0.3, 0.4) is 0 Å². The summed E-state index contributed by atoms with van der Waals surface area (Å²) in [6, 6.07) is 8.48. The van der Waals surface area contributed by atoms with E-state index in [1.165, 1.54) is 9.51 Å². The van der Waals surface area contributed by atoms with Gasteiger partial charge in [0, 0.05) is 31.6 Å². The number of tetrazole rings is 1. The van der Waals surface area contributed by atoms with Crippen LogP contribution in [0.25, 0.3) is 5.65 Å². The average molecular weight is 345 g/mol. The first-order chi connectivity index (χ1) is 11.8. The van der Waals surface area contributed by atoms with Gasteiger partial charge in [-0.25, -0.2) is 0 Å². The van der Waals surface area contributed by atoms with Crippen LogP contribution in [-0.4, -0.2) is 70.0 Å². The molecule has 0 aromatic carbocycles. The van der Waals surface area contributed by atoms with Gasteiger partial charge >= 0.3 is 0 Å². The first kappa shape index (κ1) is 15.4. The fourth-order valence-electron chi connectivity index (χ4n) is 2.95. The molecule has 4 rings (SSSR count). The van der Waals surface area contributed by atoms with E-state index in [9.17, 15) is 0 Å². The molecule has 1 atom stereocenters. The van der Waals surface area contributed by atoms with E-state index >= 15 is 0 Å². The Hall–Kier alpha value is -2.10. The van der Waals surface area contributed by atoms with Gasteiger partial charge in [-0.1, -0.05) is 6.07 Å². The van der Waals surface area contributed by atoms with Crippen LogP contribution in [-0.2, 0) is 4.74 Å². The van der Waals surface area contributed by atoms with Gasteiger partial charge in [0.2, 0.25) is 0 Å². The summed E-state index contributed by atoms with van der Waals surface area (Å²) in [6.07, 6.45) is 0. The van der Waals surface area contributed by atoms with Crippen LogP contribution >= 0.6 is 11.3 Å². The van der Waals surface area contributed by atoms with Gasteiger partial charge in [0.25, 0.3) is 0 Å². The van der Waals surface area contributed by atoms with Gasteiger partial charge in [-0.05, 0) is 34.0 Å². The van der Waals surface area contributed by atoms with Crippen molar-refractivity contribution in [3.8, 4) is 0 Å². The van der Waals surface area contributed by atoms with Gasteiger partial charge in [0.15, 0.2) is 11.5 Å². The Bertz CT molecular complexity index is 784. The third-order valence-electron chi connectivity index (χ3n) is 4.25. The van der Waals surface area contributed by atoms with E-state index in [0.717, 1.165) is 38.7 Å². The van der Waals surface area contributed by atoms with Crippen molar-refractivity contribution < 1.29 is 4.74 Å². The van der Waals surface area contributed by atoms with Crippen molar-refractivity contribution in [2.24, 2.45) is 0 Å². The number of ether oxygens (including phenoxy) is 1. The summed E-state index contributed by atoms with van der Waals surface area (Å²) >= 11 is 1.80. The first-order valence-electron chi connectivity index (χ1n) is 7.93. The Labute approximate surface area is 143 Å². The van der Waals surface area contributed by atoms with Gasteiger partial charge in [-0.2, -0.15) is 0 Å². The minimum atomic E-state index is 0.324. The topological polar surface area (TPSA) is 71.7 Å². The summed E-state index contributed by atoms with van der Waals surface area (Å²) < 4.78 is 6.97. The molecule has 3 aromatic rings. The lowest BCUT2D eigenvalue weighted by Gasteiger charge is -2.36. The van der Waals surface area contributed by atoms with E-state index in [1.54, 1.807) is 11.3 Å². The van der Waals surface area contributed by atoms with Crippen molar-refractivity contribution in [3.05, 3.63) is 34.5 Å². The third kappa shape index (κ3) is 3.10. The van der Waals surface area contributed by atoms with E-state index in [4.69, 9.17) is 4.74 Å². The molecule has 3 aromatic heterocycles. The monoisotopic (exact) mass is 345 g/mol. The molecule has 4 heterocycles. The van der Waals surface area contributed by atoms with Crippen molar-refractivity contribution in [1.82, 2.24) is 30.2 Å². The van der Waals surface area contributed by atoms with E-state index < -0.39 is 0 Å². The van der Waals surface area contributed by atoms with Crippen molar-refractivity contribution in [2.45, 2.75) is 6.04 Å². The lowest BCUT2D eigenvalue weighted by molar-refractivity contribution is 0.0183. The Balaban J connectivity index is 1.56. The predicted molar refractivity (Wildman–Crippen MR) is 91.3 cm³/mol. The molecule has 0 saturated carbocycles. The molecule has 9 heteroatoms. The lowest BCUT2D eigenvalue weighted by Crippen LogP contribution is -2.43. The highest BCUT2D eigenvalue weighted by molar-refractivity contribution is 7.10. The minimum absolute atomic E-state index is 0.324. The van der Waals surface area contributed by atoms with Gasteiger partial charge in [-0.15, -0.1) is 26.2 Å². The van der Waals surface area contributed by atoms with Crippen molar-refractivity contribution in [2.75, 3.05) is 44.8 Å². The number of thiophene rings is 1. The van der Waals surface area contributed by atoms with Crippen LogP contribution in [0.5, 0.6) is 0 Å². The van der Waals surface area contributed by atoms with E-state index in [-0.39, 0.29) is 0 Å². The molecule has 8 nitrogen and oxygen atoms in total. The second kappa shape index (κ2) is 6.80. The fourth-order valence-corrected chi connectivity index (χ4v) is 3.80. The van der Waals surface area contributed by atoms with Crippen LogP contribution in [0.1, 0.15) is 10.9 Å². The largest absolute Gasteiger partial charge is 0.379 e. The summed E-state index contributed by atoms with van der Waals surface area (Å²) in [5.41, 5.74) is 0.648. The molecule has 126 valence electrons. The Morgan fingerprint density at radius 3 is 2.96 bits per heavy atom. The summed E-state index contributed by atoms with van der Waals surface area (Å²) in [6.45, 7) is 4.34. The van der Waals surface area contributed by atoms with Crippen LogP contribution in [0.2, 0.25) is 0 Å². The number of rotatable bonds is 5. The number of morpholine rings is 1. The first-order valence-corrected chi connectivity index (χ1v) is 8.81. The van der Waals surface area contributed by atoms with Crippen molar-refractivity contribution >= 4 is 22.8 Å². The zero-order chi connectivity index (χ0) is 16.4. The predicted octanol–water partition coefficient (Wildman–Crippen LogP) is 1.09. The molecule has 0 spiro atoms. The van der Waals surface area contributed by atoms with Gasteiger partial charge in [-0.3, -0.25) is 4.90 Å².